The summed E-state index contributed by atoms with van der Waals surface area (Å²) in [4.78, 5) is 4.63. The molecule has 0 aliphatic carbocycles. The Morgan fingerprint density at radius 3 is 2.89 bits per heavy atom. The number of nitrogens with zero attached hydrogens (tertiary/aromatic N) is 1. The third kappa shape index (κ3) is 4.18. The molecule has 1 aromatic heterocycles. The van der Waals surface area contributed by atoms with Crippen molar-refractivity contribution in [2.75, 3.05) is 18.5 Å². The summed E-state index contributed by atoms with van der Waals surface area (Å²) in [6.45, 7) is 8.05. The molecule has 2 rings (SSSR count). The molecule has 0 saturated heterocycles. The van der Waals surface area contributed by atoms with Crippen LogP contribution in [0.5, 0.6) is 0 Å². The Labute approximate surface area is 119 Å². The fourth-order valence-corrected chi connectivity index (χ4v) is 2.87. The first kappa shape index (κ1) is 14.3. The van der Waals surface area contributed by atoms with Gasteiger partial charge < -0.3 is 10.1 Å². The molecular weight excluding hydrogens is 256 g/mol. The predicted molar refractivity (Wildman–Crippen MR) is 83.2 cm³/mol. The number of unbranched alkanes of at least 4 members (excludes halogenated alkanes) is 1. The van der Waals surface area contributed by atoms with Gasteiger partial charge >= 0.3 is 0 Å². The fourth-order valence-electron chi connectivity index (χ4n) is 1.90. The zero-order valence-corrected chi connectivity index (χ0v) is 12.7. The smallest absolute Gasteiger partial charge is 0.183 e. The molecule has 2 aromatic rings. The highest BCUT2D eigenvalue weighted by Gasteiger charge is 2.04. The SMILES string of the molecule is Cc1cccc2sc(NCCCCOC(C)C)nc12. The van der Waals surface area contributed by atoms with Gasteiger partial charge in [0.25, 0.3) is 0 Å². The van der Waals surface area contributed by atoms with Crippen molar-refractivity contribution in [2.45, 2.75) is 39.7 Å². The van der Waals surface area contributed by atoms with Crippen molar-refractivity contribution in [1.82, 2.24) is 4.98 Å². The number of ether oxygens (including phenoxy) is 1. The Hall–Kier alpha value is -1.13. The average molecular weight is 278 g/mol. The van der Waals surface area contributed by atoms with Gasteiger partial charge in [0.15, 0.2) is 5.13 Å². The molecule has 4 heteroatoms. The van der Waals surface area contributed by atoms with Gasteiger partial charge in [-0.25, -0.2) is 4.98 Å². The zero-order valence-electron chi connectivity index (χ0n) is 11.9. The highest BCUT2D eigenvalue weighted by atomic mass is 32.1. The van der Waals surface area contributed by atoms with Crippen molar-refractivity contribution >= 4 is 26.7 Å². The number of nitrogens with one attached hydrogen (secondary N) is 1. The summed E-state index contributed by atoms with van der Waals surface area (Å²) in [5, 5.41) is 4.42. The van der Waals surface area contributed by atoms with Gasteiger partial charge in [-0.05, 0) is 45.2 Å². The topological polar surface area (TPSA) is 34.1 Å². The number of anilines is 1. The molecule has 0 spiro atoms. The summed E-state index contributed by atoms with van der Waals surface area (Å²) >= 11 is 1.73. The molecule has 0 atom stereocenters. The highest BCUT2D eigenvalue weighted by molar-refractivity contribution is 7.22. The van der Waals surface area contributed by atoms with E-state index in [9.17, 15) is 0 Å². The van der Waals surface area contributed by atoms with Crippen LogP contribution < -0.4 is 5.32 Å². The second kappa shape index (κ2) is 6.87. The Kier molecular flexibility index (Phi) is 5.16. The molecule has 1 aromatic carbocycles. The van der Waals surface area contributed by atoms with E-state index < -0.39 is 0 Å². The second-order valence-electron chi connectivity index (χ2n) is 4.99. The van der Waals surface area contributed by atoms with Gasteiger partial charge in [-0.2, -0.15) is 0 Å². The monoisotopic (exact) mass is 278 g/mol. The van der Waals surface area contributed by atoms with Crippen molar-refractivity contribution in [2.24, 2.45) is 0 Å². The van der Waals surface area contributed by atoms with Crippen LogP contribution in [0.3, 0.4) is 0 Å². The molecular formula is C15H22N2OS. The third-order valence-corrected chi connectivity index (χ3v) is 3.90. The molecule has 0 aliphatic heterocycles. The molecule has 104 valence electrons. The lowest BCUT2D eigenvalue weighted by Crippen LogP contribution is -2.06. The number of aromatic nitrogens is 1. The molecule has 19 heavy (non-hydrogen) atoms. The summed E-state index contributed by atoms with van der Waals surface area (Å²) in [6.07, 6.45) is 2.54. The van der Waals surface area contributed by atoms with Crippen LogP contribution in [-0.4, -0.2) is 24.2 Å². The van der Waals surface area contributed by atoms with E-state index >= 15 is 0 Å². The van der Waals surface area contributed by atoms with E-state index in [-0.39, 0.29) is 0 Å². The van der Waals surface area contributed by atoms with E-state index in [0.29, 0.717) is 6.10 Å². The van der Waals surface area contributed by atoms with Crippen molar-refractivity contribution < 1.29 is 4.74 Å². The maximum absolute atomic E-state index is 5.52. The number of hydrogen-bond acceptors (Lipinski definition) is 4. The molecule has 1 heterocycles. The van der Waals surface area contributed by atoms with E-state index in [2.05, 4.69) is 49.3 Å². The van der Waals surface area contributed by atoms with Gasteiger partial charge in [0.2, 0.25) is 0 Å². The first-order chi connectivity index (χ1) is 9.16. The van der Waals surface area contributed by atoms with Gasteiger partial charge in [0.05, 0.1) is 16.3 Å². The van der Waals surface area contributed by atoms with Crippen LogP contribution >= 0.6 is 11.3 Å². The first-order valence-electron chi connectivity index (χ1n) is 6.88. The minimum Gasteiger partial charge on any atom is -0.379 e. The third-order valence-electron chi connectivity index (χ3n) is 2.92. The summed E-state index contributed by atoms with van der Waals surface area (Å²) in [5.74, 6) is 0. The summed E-state index contributed by atoms with van der Waals surface area (Å²) in [5.41, 5.74) is 2.37. The van der Waals surface area contributed by atoms with Crippen LogP contribution in [0.25, 0.3) is 10.2 Å². The molecule has 0 aliphatic rings. The molecule has 0 bridgehead atoms. The Morgan fingerprint density at radius 1 is 1.32 bits per heavy atom. The number of benzene rings is 1. The number of fused-ring (bicyclic) bond motifs is 1. The largest absolute Gasteiger partial charge is 0.379 e. The van der Waals surface area contributed by atoms with Gasteiger partial charge in [-0.1, -0.05) is 23.5 Å². The summed E-state index contributed by atoms with van der Waals surface area (Å²) < 4.78 is 6.77. The van der Waals surface area contributed by atoms with Crippen LogP contribution in [0.15, 0.2) is 18.2 Å². The molecule has 0 fully saturated rings. The standard InChI is InChI=1S/C15H22N2OS/c1-11(2)18-10-5-4-9-16-15-17-14-12(3)7-6-8-13(14)19-15/h6-8,11H,4-5,9-10H2,1-3H3,(H,16,17). The summed E-state index contributed by atoms with van der Waals surface area (Å²) in [7, 11) is 0. The van der Waals surface area contributed by atoms with Crippen LogP contribution in [0.1, 0.15) is 32.3 Å². The maximum Gasteiger partial charge on any atom is 0.183 e. The lowest BCUT2D eigenvalue weighted by molar-refractivity contribution is 0.0765. The molecule has 0 saturated carbocycles. The lowest BCUT2D eigenvalue weighted by Gasteiger charge is -2.07. The van der Waals surface area contributed by atoms with E-state index in [0.717, 1.165) is 36.6 Å². The lowest BCUT2D eigenvalue weighted by atomic mass is 10.2. The van der Waals surface area contributed by atoms with E-state index in [1.54, 1.807) is 11.3 Å². The van der Waals surface area contributed by atoms with Crippen LogP contribution in [0, 0.1) is 6.92 Å². The van der Waals surface area contributed by atoms with Crippen LogP contribution in [-0.2, 0) is 4.74 Å². The van der Waals surface area contributed by atoms with Crippen molar-refractivity contribution in [1.29, 1.82) is 0 Å². The fraction of sp³-hybridized carbons (Fsp3) is 0.533. The number of hydrogen-bond donors (Lipinski definition) is 1. The molecule has 0 amide bonds. The van der Waals surface area contributed by atoms with E-state index in [1.165, 1.54) is 10.3 Å². The first-order valence-corrected chi connectivity index (χ1v) is 7.70. The minimum atomic E-state index is 0.334. The van der Waals surface area contributed by atoms with Crippen LogP contribution in [0.4, 0.5) is 5.13 Å². The number of para-hydroxylation sites is 1. The van der Waals surface area contributed by atoms with Crippen molar-refractivity contribution in [3.05, 3.63) is 23.8 Å². The molecule has 0 unspecified atom stereocenters. The Morgan fingerprint density at radius 2 is 2.16 bits per heavy atom. The van der Waals surface area contributed by atoms with Gasteiger partial charge in [0, 0.05) is 13.2 Å². The van der Waals surface area contributed by atoms with Crippen molar-refractivity contribution in [3.63, 3.8) is 0 Å². The van der Waals surface area contributed by atoms with Crippen LogP contribution in [0.2, 0.25) is 0 Å². The summed E-state index contributed by atoms with van der Waals surface area (Å²) in [6, 6.07) is 6.32. The van der Waals surface area contributed by atoms with Gasteiger partial charge in [0.1, 0.15) is 0 Å². The number of thiazole rings is 1. The number of aryl methyl sites for hydroxylation is 1. The van der Waals surface area contributed by atoms with E-state index in [4.69, 9.17) is 4.74 Å². The predicted octanol–water partition coefficient (Wildman–Crippen LogP) is 4.22. The molecule has 3 nitrogen and oxygen atoms in total. The zero-order chi connectivity index (χ0) is 13.7. The van der Waals surface area contributed by atoms with Crippen molar-refractivity contribution in [3.8, 4) is 0 Å². The number of rotatable bonds is 7. The highest BCUT2D eigenvalue weighted by Crippen LogP contribution is 2.27. The quantitative estimate of drug-likeness (QED) is 0.770. The Bertz CT molecular complexity index is 522. The van der Waals surface area contributed by atoms with Gasteiger partial charge in [-0.15, -0.1) is 0 Å². The second-order valence-corrected chi connectivity index (χ2v) is 6.02. The molecule has 1 N–H and O–H groups in total. The average Bonchev–Trinajstić information content (AvgIpc) is 2.78. The van der Waals surface area contributed by atoms with Gasteiger partial charge in [-0.3, -0.25) is 0 Å². The maximum atomic E-state index is 5.52. The normalized spacial score (nSPS) is 11.4. The minimum absolute atomic E-state index is 0.334. The Balaban J connectivity index is 1.77. The molecule has 0 radical (unpaired) electrons. The van der Waals surface area contributed by atoms with E-state index in [1.807, 2.05) is 0 Å².